The Morgan fingerprint density at radius 1 is 1.29 bits per heavy atom. The summed E-state index contributed by atoms with van der Waals surface area (Å²) in [7, 11) is 0. The molecule has 0 aromatic heterocycles. The molecule has 1 aromatic rings. The molecule has 0 radical (unpaired) electrons. The molecule has 3 heteroatoms. The predicted octanol–water partition coefficient (Wildman–Crippen LogP) is 2.16. The predicted molar refractivity (Wildman–Crippen MR) is 63.7 cm³/mol. The third-order valence-corrected chi connectivity index (χ3v) is 3.27. The molecule has 1 aromatic carbocycles. The molecule has 2 rings (SSSR count). The second-order valence-electron chi connectivity index (χ2n) is 4.56. The van der Waals surface area contributed by atoms with E-state index in [1.165, 1.54) is 0 Å². The molecule has 0 aliphatic heterocycles. The summed E-state index contributed by atoms with van der Waals surface area (Å²) in [5.41, 5.74) is 1.31. The van der Waals surface area contributed by atoms with Crippen LogP contribution in [0.1, 0.15) is 30.9 Å². The summed E-state index contributed by atoms with van der Waals surface area (Å²) in [5, 5.41) is 0. The van der Waals surface area contributed by atoms with Crippen LogP contribution < -0.4 is 0 Å². The van der Waals surface area contributed by atoms with E-state index in [0.717, 1.165) is 11.1 Å². The first-order chi connectivity index (χ1) is 8.08. The van der Waals surface area contributed by atoms with Gasteiger partial charge < -0.3 is 4.74 Å². The van der Waals surface area contributed by atoms with E-state index < -0.39 is 5.41 Å². The van der Waals surface area contributed by atoms with Gasteiger partial charge in [0.2, 0.25) is 0 Å². The number of ketones is 1. The average Bonchev–Trinajstić information content (AvgIpc) is 2.26. The van der Waals surface area contributed by atoms with Gasteiger partial charge in [0.15, 0.2) is 0 Å². The summed E-state index contributed by atoms with van der Waals surface area (Å²) >= 11 is 0. The van der Waals surface area contributed by atoms with Crippen LogP contribution in [0.15, 0.2) is 24.3 Å². The molecule has 3 nitrogen and oxygen atoms in total. The molecule has 0 atom stereocenters. The van der Waals surface area contributed by atoms with Crippen LogP contribution in [-0.4, -0.2) is 18.4 Å². The third-order valence-electron chi connectivity index (χ3n) is 3.27. The summed E-state index contributed by atoms with van der Waals surface area (Å²) in [6.07, 6.45) is 0.545. The van der Waals surface area contributed by atoms with Crippen molar-refractivity contribution in [1.29, 1.82) is 0 Å². The number of hydrogen-bond donors (Lipinski definition) is 0. The lowest BCUT2D eigenvalue weighted by Gasteiger charge is -2.38. The molecule has 0 spiro atoms. The Balaban J connectivity index is 2.32. The molecule has 1 aliphatic carbocycles. The van der Waals surface area contributed by atoms with Crippen LogP contribution in [0.5, 0.6) is 0 Å². The highest BCUT2D eigenvalue weighted by atomic mass is 16.5. The fourth-order valence-corrected chi connectivity index (χ4v) is 2.23. The number of benzene rings is 1. The number of hydrogen-bond acceptors (Lipinski definition) is 3. The lowest BCUT2D eigenvalue weighted by Crippen LogP contribution is -2.49. The van der Waals surface area contributed by atoms with Crippen molar-refractivity contribution in [3.8, 4) is 0 Å². The van der Waals surface area contributed by atoms with Gasteiger partial charge in [0, 0.05) is 12.8 Å². The molecule has 1 fully saturated rings. The third kappa shape index (κ3) is 1.97. The molecule has 1 aliphatic rings. The molecule has 0 unspecified atom stereocenters. The van der Waals surface area contributed by atoms with E-state index in [0.29, 0.717) is 6.61 Å². The standard InChI is InChI=1S/C14H16O3/c1-3-17-13(16)14(8-12(15)9-14)11-6-4-10(2)5-7-11/h4-7H,3,8-9H2,1-2H3. The second-order valence-corrected chi connectivity index (χ2v) is 4.56. The van der Waals surface area contributed by atoms with Crippen molar-refractivity contribution in [1.82, 2.24) is 0 Å². The first-order valence-corrected chi connectivity index (χ1v) is 5.84. The van der Waals surface area contributed by atoms with E-state index in [1.807, 2.05) is 31.2 Å². The van der Waals surface area contributed by atoms with Gasteiger partial charge in [0.1, 0.15) is 11.2 Å². The van der Waals surface area contributed by atoms with Crippen LogP contribution in [0.25, 0.3) is 0 Å². The van der Waals surface area contributed by atoms with Gasteiger partial charge in [-0.05, 0) is 19.4 Å². The van der Waals surface area contributed by atoms with Crippen LogP contribution in [0, 0.1) is 6.92 Å². The maximum atomic E-state index is 12.0. The van der Waals surface area contributed by atoms with Crippen molar-refractivity contribution in [2.24, 2.45) is 0 Å². The first kappa shape index (κ1) is 11.8. The first-order valence-electron chi connectivity index (χ1n) is 5.84. The highest BCUT2D eigenvalue weighted by Gasteiger charge is 2.52. The fourth-order valence-electron chi connectivity index (χ4n) is 2.23. The van der Waals surface area contributed by atoms with Crippen molar-refractivity contribution in [3.05, 3.63) is 35.4 Å². The largest absolute Gasteiger partial charge is 0.465 e. The Labute approximate surface area is 101 Å². The summed E-state index contributed by atoms with van der Waals surface area (Å²) < 4.78 is 5.09. The summed E-state index contributed by atoms with van der Waals surface area (Å²) in [6, 6.07) is 7.75. The number of carbonyl (C=O) groups is 2. The minimum absolute atomic E-state index is 0.124. The second kappa shape index (κ2) is 4.32. The normalized spacial score (nSPS) is 17.4. The molecule has 0 N–H and O–H groups in total. The maximum Gasteiger partial charge on any atom is 0.317 e. The summed E-state index contributed by atoms with van der Waals surface area (Å²) in [4.78, 5) is 23.3. The van der Waals surface area contributed by atoms with E-state index in [1.54, 1.807) is 6.92 Å². The fraction of sp³-hybridized carbons (Fsp3) is 0.429. The van der Waals surface area contributed by atoms with Gasteiger partial charge in [-0.25, -0.2) is 0 Å². The Bertz CT molecular complexity index is 437. The SMILES string of the molecule is CCOC(=O)C1(c2ccc(C)cc2)CC(=O)C1. The average molecular weight is 232 g/mol. The van der Waals surface area contributed by atoms with E-state index in [9.17, 15) is 9.59 Å². The molecule has 90 valence electrons. The zero-order valence-corrected chi connectivity index (χ0v) is 10.2. The summed E-state index contributed by atoms with van der Waals surface area (Å²) in [6.45, 7) is 4.12. The molecule has 0 amide bonds. The van der Waals surface area contributed by atoms with Gasteiger partial charge in [-0.1, -0.05) is 29.8 Å². The highest BCUT2D eigenvalue weighted by molar-refractivity contribution is 6.02. The van der Waals surface area contributed by atoms with Crippen molar-refractivity contribution in [2.75, 3.05) is 6.61 Å². The van der Waals surface area contributed by atoms with Crippen LogP contribution in [-0.2, 0) is 19.7 Å². The number of carbonyl (C=O) groups excluding carboxylic acids is 2. The van der Waals surface area contributed by atoms with Crippen molar-refractivity contribution < 1.29 is 14.3 Å². The molecule has 0 heterocycles. The molecule has 17 heavy (non-hydrogen) atoms. The highest BCUT2D eigenvalue weighted by Crippen LogP contribution is 2.42. The Hall–Kier alpha value is -1.64. The monoisotopic (exact) mass is 232 g/mol. The van der Waals surface area contributed by atoms with Crippen LogP contribution in [0.3, 0.4) is 0 Å². The topological polar surface area (TPSA) is 43.4 Å². The van der Waals surface area contributed by atoms with E-state index in [-0.39, 0.29) is 24.6 Å². The minimum atomic E-state index is -0.721. The van der Waals surface area contributed by atoms with Gasteiger partial charge in [0.05, 0.1) is 6.61 Å². The van der Waals surface area contributed by atoms with E-state index >= 15 is 0 Å². The Morgan fingerprint density at radius 3 is 2.35 bits per heavy atom. The van der Waals surface area contributed by atoms with Crippen LogP contribution >= 0.6 is 0 Å². The minimum Gasteiger partial charge on any atom is -0.465 e. The lowest BCUT2D eigenvalue weighted by molar-refractivity contribution is -0.158. The molecular weight excluding hydrogens is 216 g/mol. The van der Waals surface area contributed by atoms with Crippen molar-refractivity contribution >= 4 is 11.8 Å². The lowest BCUT2D eigenvalue weighted by atomic mass is 9.63. The zero-order chi connectivity index (χ0) is 12.5. The van der Waals surface area contributed by atoms with Gasteiger partial charge in [-0.2, -0.15) is 0 Å². The Kier molecular flexibility index (Phi) is 3.01. The van der Waals surface area contributed by atoms with Crippen LogP contribution in [0.2, 0.25) is 0 Å². The molecular formula is C14H16O3. The number of Topliss-reactive ketones (excluding diaryl/α,β-unsaturated/α-hetero) is 1. The molecule has 1 saturated carbocycles. The van der Waals surface area contributed by atoms with Crippen molar-refractivity contribution in [2.45, 2.75) is 32.1 Å². The number of aryl methyl sites for hydroxylation is 1. The zero-order valence-electron chi connectivity index (χ0n) is 10.2. The maximum absolute atomic E-state index is 12.0. The Morgan fingerprint density at radius 2 is 1.88 bits per heavy atom. The van der Waals surface area contributed by atoms with Crippen molar-refractivity contribution in [3.63, 3.8) is 0 Å². The van der Waals surface area contributed by atoms with Gasteiger partial charge in [-0.15, -0.1) is 0 Å². The number of esters is 1. The molecule has 0 saturated heterocycles. The van der Waals surface area contributed by atoms with E-state index in [4.69, 9.17) is 4.74 Å². The van der Waals surface area contributed by atoms with Gasteiger partial charge in [0.25, 0.3) is 0 Å². The molecule has 0 bridgehead atoms. The number of rotatable bonds is 3. The number of ether oxygens (including phenoxy) is 1. The van der Waals surface area contributed by atoms with Crippen LogP contribution in [0.4, 0.5) is 0 Å². The van der Waals surface area contributed by atoms with Gasteiger partial charge >= 0.3 is 5.97 Å². The smallest absolute Gasteiger partial charge is 0.317 e. The van der Waals surface area contributed by atoms with Gasteiger partial charge in [-0.3, -0.25) is 9.59 Å². The quantitative estimate of drug-likeness (QED) is 0.750. The van der Waals surface area contributed by atoms with E-state index in [2.05, 4.69) is 0 Å². The summed E-state index contributed by atoms with van der Waals surface area (Å²) in [5.74, 6) is -0.151.